The smallest absolute Gasteiger partial charge is 0.0208 e. The van der Waals surface area contributed by atoms with Crippen molar-refractivity contribution >= 4 is 0 Å². The van der Waals surface area contributed by atoms with Gasteiger partial charge >= 0.3 is 0 Å². The van der Waals surface area contributed by atoms with Gasteiger partial charge in [0.15, 0.2) is 0 Å². The number of rotatable bonds is 5. The summed E-state index contributed by atoms with van der Waals surface area (Å²) in [5.74, 6) is 0. The molecule has 0 aliphatic heterocycles. The van der Waals surface area contributed by atoms with Gasteiger partial charge < -0.3 is 11.1 Å². The molecule has 0 amide bonds. The molecule has 0 atom stereocenters. The van der Waals surface area contributed by atoms with Crippen LogP contribution >= 0.6 is 0 Å². The molecule has 1 aliphatic rings. The van der Waals surface area contributed by atoms with Crippen molar-refractivity contribution in [3.8, 4) is 0 Å². The number of benzene rings is 1. The highest BCUT2D eigenvalue weighted by Crippen LogP contribution is 2.18. The third kappa shape index (κ3) is 3.05. The summed E-state index contributed by atoms with van der Waals surface area (Å²) in [6, 6.07) is 9.55. The van der Waals surface area contributed by atoms with Crippen LogP contribution in [-0.4, -0.2) is 12.6 Å². The molecule has 1 aromatic carbocycles. The zero-order valence-corrected chi connectivity index (χ0v) is 9.21. The van der Waals surface area contributed by atoms with Crippen LogP contribution in [0.3, 0.4) is 0 Å². The van der Waals surface area contributed by atoms with Gasteiger partial charge in [-0.25, -0.2) is 0 Å². The van der Waals surface area contributed by atoms with Crippen molar-refractivity contribution in [1.82, 2.24) is 5.32 Å². The Labute approximate surface area is 91.9 Å². The van der Waals surface area contributed by atoms with Crippen LogP contribution in [0.15, 0.2) is 24.3 Å². The topological polar surface area (TPSA) is 38.0 Å². The molecule has 3 N–H and O–H groups in total. The van der Waals surface area contributed by atoms with Crippen molar-refractivity contribution in [2.45, 2.75) is 38.3 Å². The molecular formula is C13H20N2. The van der Waals surface area contributed by atoms with E-state index in [2.05, 4.69) is 29.6 Å². The average Bonchev–Trinajstić information content (AvgIpc) is 2.19. The number of nitrogens with one attached hydrogen (secondary N) is 1. The monoisotopic (exact) mass is 204 g/mol. The molecule has 0 heterocycles. The van der Waals surface area contributed by atoms with Crippen molar-refractivity contribution in [3.05, 3.63) is 35.4 Å². The van der Waals surface area contributed by atoms with E-state index in [0.717, 1.165) is 25.6 Å². The molecule has 0 radical (unpaired) electrons. The molecule has 2 nitrogen and oxygen atoms in total. The van der Waals surface area contributed by atoms with Crippen molar-refractivity contribution in [1.29, 1.82) is 0 Å². The number of nitrogens with two attached hydrogens (primary N) is 1. The van der Waals surface area contributed by atoms with Gasteiger partial charge in [0.1, 0.15) is 0 Å². The largest absolute Gasteiger partial charge is 0.330 e. The highest BCUT2D eigenvalue weighted by atomic mass is 14.9. The van der Waals surface area contributed by atoms with Gasteiger partial charge in [0.05, 0.1) is 0 Å². The summed E-state index contributed by atoms with van der Waals surface area (Å²) < 4.78 is 0. The van der Waals surface area contributed by atoms with Gasteiger partial charge in [0.25, 0.3) is 0 Å². The van der Waals surface area contributed by atoms with Gasteiger partial charge in [-0.2, -0.15) is 0 Å². The van der Waals surface area contributed by atoms with Crippen molar-refractivity contribution in [2.75, 3.05) is 6.54 Å². The van der Waals surface area contributed by atoms with E-state index in [1.165, 1.54) is 30.4 Å². The van der Waals surface area contributed by atoms with E-state index in [0.29, 0.717) is 0 Å². The molecule has 1 aliphatic carbocycles. The Morgan fingerprint density at radius 2 is 1.80 bits per heavy atom. The van der Waals surface area contributed by atoms with Crippen molar-refractivity contribution in [3.63, 3.8) is 0 Å². The fourth-order valence-electron chi connectivity index (χ4n) is 1.87. The molecule has 2 rings (SSSR count). The quantitative estimate of drug-likeness (QED) is 0.768. The first-order valence-corrected chi connectivity index (χ1v) is 5.90. The Kier molecular flexibility index (Phi) is 3.75. The molecule has 1 saturated carbocycles. The second-order valence-corrected chi connectivity index (χ2v) is 4.36. The molecule has 1 fully saturated rings. The van der Waals surface area contributed by atoms with Crippen LogP contribution in [0.2, 0.25) is 0 Å². The van der Waals surface area contributed by atoms with Gasteiger partial charge in [0, 0.05) is 12.6 Å². The van der Waals surface area contributed by atoms with Gasteiger partial charge in [0.2, 0.25) is 0 Å². The predicted octanol–water partition coefficient (Wildman–Crippen LogP) is 1.83. The highest BCUT2D eigenvalue weighted by Gasteiger charge is 2.15. The molecule has 2 heteroatoms. The number of hydrogen-bond acceptors (Lipinski definition) is 2. The summed E-state index contributed by atoms with van der Waals surface area (Å²) in [5.41, 5.74) is 8.23. The first-order chi connectivity index (χ1) is 7.38. The molecule has 82 valence electrons. The second-order valence-electron chi connectivity index (χ2n) is 4.36. The second kappa shape index (κ2) is 5.29. The summed E-state index contributed by atoms with van der Waals surface area (Å²) in [7, 11) is 0. The predicted molar refractivity (Wildman–Crippen MR) is 63.7 cm³/mol. The lowest BCUT2D eigenvalue weighted by Crippen LogP contribution is -2.34. The van der Waals surface area contributed by atoms with E-state index in [1.807, 2.05) is 0 Å². The number of hydrogen-bond donors (Lipinski definition) is 2. The summed E-state index contributed by atoms with van der Waals surface area (Å²) in [6.45, 7) is 1.74. The molecule has 0 spiro atoms. The SMILES string of the molecule is NCCc1ccc(CNC2CCC2)cc1. The Balaban J connectivity index is 1.80. The molecule has 0 aromatic heterocycles. The van der Waals surface area contributed by atoms with Crippen LogP contribution in [0.1, 0.15) is 30.4 Å². The zero-order chi connectivity index (χ0) is 10.5. The van der Waals surface area contributed by atoms with Gasteiger partial charge in [-0.15, -0.1) is 0 Å². The summed E-state index contributed by atoms with van der Waals surface area (Å²) in [6.07, 6.45) is 5.08. The van der Waals surface area contributed by atoms with Crippen LogP contribution < -0.4 is 11.1 Å². The minimum absolute atomic E-state index is 0.736. The zero-order valence-electron chi connectivity index (χ0n) is 9.21. The Morgan fingerprint density at radius 1 is 1.13 bits per heavy atom. The maximum atomic E-state index is 5.51. The third-order valence-electron chi connectivity index (χ3n) is 3.16. The highest BCUT2D eigenvalue weighted by molar-refractivity contribution is 5.22. The molecule has 1 aromatic rings. The third-order valence-corrected chi connectivity index (χ3v) is 3.16. The standard InChI is InChI=1S/C13H20N2/c14-9-8-11-4-6-12(7-5-11)10-15-13-2-1-3-13/h4-7,13,15H,1-3,8-10,14H2. The van der Waals surface area contributed by atoms with Crippen LogP contribution in [0.4, 0.5) is 0 Å². The summed E-state index contributed by atoms with van der Waals surface area (Å²) >= 11 is 0. The molecule has 15 heavy (non-hydrogen) atoms. The first kappa shape index (κ1) is 10.7. The fourth-order valence-corrected chi connectivity index (χ4v) is 1.87. The van der Waals surface area contributed by atoms with Gasteiger partial charge in [-0.05, 0) is 36.9 Å². The van der Waals surface area contributed by atoms with Crippen LogP contribution in [0.5, 0.6) is 0 Å². The van der Waals surface area contributed by atoms with E-state index in [1.54, 1.807) is 0 Å². The molecular weight excluding hydrogens is 184 g/mol. The van der Waals surface area contributed by atoms with E-state index >= 15 is 0 Å². The molecule has 0 bridgehead atoms. The van der Waals surface area contributed by atoms with Gasteiger partial charge in [-0.3, -0.25) is 0 Å². The lowest BCUT2D eigenvalue weighted by atomic mass is 9.93. The Morgan fingerprint density at radius 3 is 2.33 bits per heavy atom. The lowest BCUT2D eigenvalue weighted by molar-refractivity contribution is 0.338. The van der Waals surface area contributed by atoms with E-state index in [4.69, 9.17) is 5.73 Å². The lowest BCUT2D eigenvalue weighted by Gasteiger charge is -2.26. The first-order valence-electron chi connectivity index (χ1n) is 5.90. The van der Waals surface area contributed by atoms with Crippen LogP contribution in [0.25, 0.3) is 0 Å². The van der Waals surface area contributed by atoms with Gasteiger partial charge in [-0.1, -0.05) is 30.7 Å². The minimum Gasteiger partial charge on any atom is -0.330 e. The molecule has 0 saturated heterocycles. The average molecular weight is 204 g/mol. The van der Waals surface area contributed by atoms with E-state index in [9.17, 15) is 0 Å². The maximum Gasteiger partial charge on any atom is 0.0208 e. The Bertz CT molecular complexity index is 288. The van der Waals surface area contributed by atoms with Crippen molar-refractivity contribution in [2.24, 2.45) is 5.73 Å². The normalized spacial score (nSPS) is 16.3. The van der Waals surface area contributed by atoms with Crippen LogP contribution in [-0.2, 0) is 13.0 Å². The minimum atomic E-state index is 0.736. The van der Waals surface area contributed by atoms with Crippen LogP contribution in [0, 0.1) is 0 Å². The van der Waals surface area contributed by atoms with E-state index < -0.39 is 0 Å². The summed E-state index contributed by atoms with van der Waals surface area (Å²) in [5, 5.41) is 3.56. The summed E-state index contributed by atoms with van der Waals surface area (Å²) in [4.78, 5) is 0. The van der Waals surface area contributed by atoms with E-state index in [-0.39, 0.29) is 0 Å². The fraction of sp³-hybridized carbons (Fsp3) is 0.538. The molecule has 0 unspecified atom stereocenters. The maximum absolute atomic E-state index is 5.51. The Hall–Kier alpha value is -0.860. The van der Waals surface area contributed by atoms with Crippen molar-refractivity contribution < 1.29 is 0 Å².